The predicted octanol–water partition coefficient (Wildman–Crippen LogP) is 5.38. The Bertz CT molecular complexity index is 952. The minimum atomic E-state index is -0.900. The molecule has 0 atom stereocenters. The normalized spacial score (nSPS) is 16.3. The lowest BCUT2D eigenvalue weighted by Crippen LogP contribution is -2.35. The number of rotatable bonds is 5. The number of aromatic nitrogens is 1. The molecule has 27 heavy (non-hydrogen) atoms. The first-order chi connectivity index (χ1) is 13.2. The average Bonchev–Trinajstić information content (AvgIpc) is 3.03. The standard InChI is InChI=1S/C23H28N2O2/c1-2-3-13-24-14-11-17(12-15-24)16-18-7-6-9-20-19-8-4-5-10-21(19)25(22(18)20)23(26)27/h4-10,17H,2-3,11-16H2,1H3,(H,26,27). The van der Waals surface area contributed by atoms with Crippen molar-refractivity contribution in [2.75, 3.05) is 19.6 Å². The van der Waals surface area contributed by atoms with Crippen molar-refractivity contribution in [2.24, 2.45) is 5.92 Å². The highest BCUT2D eigenvalue weighted by Crippen LogP contribution is 2.33. The minimum absolute atomic E-state index is 0.633. The van der Waals surface area contributed by atoms with Crippen LogP contribution in [0.25, 0.3) is 21.8 Å². The summed E-state index contributed by atoms with van der Waals surface area (Å²) in [5, 5.41) is 11.9. The van der Waals surface area contributed by atoms with Crippen LogP contribution in [0.15, 0.2) is 42.5 Å². The van der Waals surface area contributed by atoms with Gasteiger partial charge in [0.15, 0.2) is 0 Å². The van der Waals surface area contributed by atoms with Crippen LogP contribution in [0.3, 0.4) is 0 Å². The largest absolute Gasteiger partial charge is 0.464 e. The Morgan fingerprint density at radius 2 is 1.81 bits per heavy atom. The zero-order chi connectivity index (χ0) is 18.8. The second-order valence-electron chi connectivity index (χ2n) is 7.79. The van der Waals surface area contributed by atoms with Gasteiger partial charge in [-0.15, -0.1) is 0 Å². The topological polar surface area (TPSA) is 45.5 Å². The van der Waals surface area contributed by atoms with Gasteiger partial charge in [0, 0.05) is 10.8 Å². The van der Waals surface area contributed by atoms with E-state index in [1.165, 1.54) is 49.9 Å². The monoisotopic (exact) mass is 364 g/mol. The Morgan fingerprint density at radius 1 is 1.07 bits per heavy atom. The first-order valence-corrected chi connectivity index (χ1v) is 10.2. The first-order valence-electron chi connectivity index (χ1n) is 10.2. The number of nitrogens with zero attached hydrogens (tertiary/aromatic N) is 2. The van der Waals surface area contributed by atoms with Crippen molar-refractivity contribution in [3.05, 3.63) is 48.0 Å². The van der Waals surface area contributed by atoms with Crippen molar-refractivity contribution in [1.82, 2.24) is 9.47 Å². The van der Waals surface area contributed by atoms with E-state index < -0.39 is 6.09 Å². The van der Waals surface area contributed by atoms with Crippen molar-refractivity contribution in [3.63, 3.8) is 0 Å². The van der Waals surface area contributed by atoms with Crippen LogP contribution in [0.2, 0.25) is 0 Å². The molecule has 2 aromatic carbocycles. The minimum Gasteiger partial charge on any atom is -0.464 e. The quantitative estimate of drug-likeness (QED) is 0.661. The number of piperidine rings is 1. The van der Waals surface area contributed by atoms with Gasteiger partial charge < -0.3 is 10.0 Å². The maximum absolute atomic E-state index is 12.0. The number of fused-ring (bicyclic) bond motifs is 3. The number of hydrogen-bond acceptors (Lipinski definition) is 2. The summed E-state index contributed by atoms with van der Waals surface area (Å²) >= 11 is 0. The summed E-state index contributed by atoms with van der Waals surface area (Å²) in [5.74, 6) is 0.633. The Labute approximate surface area is 160 Å². The molecular formula is C23H28N2O2. The Morgan fingerprint density at radius 3 is 2.56 bits per heavy atom. The molecule has 4 heteroatoms. The van der Waals surface area contributed by atoms with Gasteiger partial charge in [0.05, 0.1) is 11.0 Å². The van der Waals surface area contributed by atoms with Crippen LogP contribution < -0.4 is 0 Å². The number of carboxylic acid groups (broad SMARTS) is 1. The van der Waals surface area contributed by atoms with E-state index in [4.69, 9.17) is 0 Å². The van der Waals surface area contributed by atoms with Crippen LogP contribution in [0.5, 0.6) is 0 Å². The zero-order valence-electron chi connectivity index (χ0n) is 16.0. The smallest absolute Gasteiger partial charge is 0.416 e. The van der Waals surface area contributed by atoms with Crippen molar-refractivity contribution in [2.45, 2.75) is 39.0 Å². The fourth-order valence-corrected chi connectivity index (χ4v) is 4.56. The van der Waals surface area contributed by atoms with Gasteiger partial charge in [0.25, 0.3) is 0 Å². The molecule has 0 radical (unpaired) electrons. The second kappa shape index (κ2) is 7.73. The Kier molecular flexibility index (Phi) is 5.17. The highest BCUT2D eigenvalue weighted by atomic mass is 16.4. The van der Waals surface area contributed by atoms with E-state index >= 15 is 0 Å². The fraction of sp³-hybridized carbons (Fsp3) is 0.435. The number of benzene rings is 2. The maximum Gasteiger partial charge on any atom is 0.416 e. The molecule has 0 spiro atoms. The molecule has 2 heterocycles. The molecule has 0 amide bonds. The molecule has 1 N–H and O–H groups in total. The molecule has 0 saturated carbocycles. The molecule has 3 aromatic rings. The summed E-state index contributed by atoms with van der Waals surface area (Å²) in [7, 11) is 0. The van der Waals surface area contributed by atoms with Gasteiger partial charge in [0.2, 0.25) is 0 Å². The van der Waals surface area contributed by atoms with Gasteiger partial charge in [-0.25, -0.2) is 9.36 Å². The van der Waals surface area contributed by atoms with Crippen LogP contribution in [0.4, 0.5) is 4.79 Å². The van der Waals surface area contributed by atoms with E-state index in [2.05, 4.69) is 24.0 Å². The third-order valence-electron chi connectivity index (χ3n) is 6.01. The molecule has 1 aromatic heterocycles. The van der Waals surface area contributed by atoms with Gasteiger partial charge in [-0.3, -0.25) is 0 Å². The highest BCUT2D eigenvalue weighted by molar-refractivity contribution is 6.13. The van der Waals surface area contributed by atoms with Gasteiger partial charge >= 0.3 is 6.09 Å². The van der Waals surface area contributed by atoms with Crippen LogP contribution in [-0.4, -0.2) is 40.3 Å². The van der Waals surface area contributed by atoms with Crippen molar-refractivity contribution in [1.29, 1.82) is 0 Å². The van der Waals surface area contributed by atoms with Gasteiger partial charge in [0.1, 0.15) is 0 Å². The number of unbranched alkanes of at least 4 members (excludes halogenated alkanes) is 1. The predicted molar refractivity (Wildman–Crippen MR) is 111 cm³/mol. The molecule has 1 aliphatic heterocycles. The molecule has 0 aliphatic carbocycles. The van der Waals surface area contributed by atoms with E-state index in [-0.39, 0.29) is 0 Å². The zero-order valence-corrected chi connectivity index (χ0v) is 16.0. The molecule has 142 valence electrons. The van der Waals surface area contributed by atoms with E-state index in [0.29, 0.717) is 5.92 Å². The van der Waals surface area contributed by atoms with Gasteiger partial charge in [-0.2, -0.15) is 0 Å². The van der Waals surface area contributed by atoms with Crippen LogP contribution in [0, 0.1) is 5.92 Å². The number of likely N-dealkylation sites (tertiary alicyclic amines) is 1. The lowest BCUT2D eigenvalue weighted by molar-refractivity contribution is 0.182. The molecule has 4 nitrogen and oxygen atoms in total. The third kappa shape index (κ3) is 3.46. The summed E-state index contributed by atoms with van der Waals surface area (Å²) in [6.45, 7) is 5.80. The van der Waals surface area contributed by atoms with E-state index in [9.17, 15) is 9.90 Å². The molecule has 0 unspecified atom stereocenters. The van der Waals surface area contributed by atoms with Crippen LogP contribution >= 0.6 is 0 Å². The van der Waals surface area contributed by atoms with E-state index in [1.54, 1.807) is 0 Å². The second-order valence-corrected chi connectivity index (χ2v) is 7.79. The molecule has 1 saturated heterocycles. The Hall–Kier alpha value is -2.33. The summed E-state index contributed by atoms with van der Waals surface area (Å²) in [5.41, 5.74) is 2.82. The van der Waals surface area contributed by atoms with Crippen LogP contribution in [-0.2, 0) is 6.42 Å². The summed E-state index contributed by atoms with van der Waals surface area (Å²) in [4.78, 5) is 14.6. The summed E-state index contributed by atoms with van der Waals surface area (Å²) in [6, 6.07) is 14.1. The van der Waals surface area contributed by atoms with Crippen molar-refractivity contribution in [3.8, 4) is 0 Å². The van der Waals surface area contributed by atoms with E-state index in [0.717, 1.165) is 33.8 Å². The lowest BCUT2D eigenvalue weighted by Gasteiger charge is -2.32. The lowest BCUT2D eigenvalue weighted by atomic mass is 9.89. The molecule has 0 bridgehead atoms. The fourth-order valence-electron chi connectivity index (χ4n) is 4.56. The van der Waals surface area contributed by atoms with E-state index in [1.807, 2.05) is 30.3 Å². The average molecular weight is 364 g/mol. The summed E-state index contributed by atoms with van der Waals surface area (Å²) in [6.07, 6.45) is 5.00. The van der Waals surface area contributed by atoms with Crippen molar-refractivity contribution >= 4 is 27.9 Å². The molecular weight excluding hydrogens is 336 g/mol. The SMILES string of the molecule is CCCCN1CCC(Cc2cccc3c4ccccc4n(C(=O)O)c23)CC1. The van der Waals surface area contributed by atoms with Gasteiger partial charge in [-0.05, 0) is 62.9 Å². The number of para-hydroxylation sites is 2. The first kappa shape index (κ1) is 18.1. The van der Waals surface area contributed by atoms with Crippen molar-refractivity contribution < 1.29 is 9.90 Å². The molecule has 1 fully saturated rings. The third-order valence-corrected chi connectivity index (χ3v) is 6.01. The van der Waals surface area contributed by atoms with Crippen LogP contribution in [0.1, 0.15) is 38.2 Å². The number of hydrogen-bond donors (Lipinski definition) is 1. The summed E-state index contributed by atoms with van der Waals surface area (Å²) < 4.78 is 1.48. The maximum atomic E-state index is 12.0. The molecule has 4 rings (SSSR count). The number of carbonyl (C=O) groups is 1. The Balaban J connectivity index is 1.64. The highest BCUT2D eigenvalue weighted by Gasteiger charge is 2.22. The van der Waals surface area contributed by atoms with Gasteiger partial charge in [-0.1, -0.05) is 49.7 Å². The molecule has 1 aliphatic rings.